The molecule has 2 saturated heterocycles. The van der Waals surface area contributed by atoms with Gasteiger partial charge in [-0.1, -0.05) is 18.6 Å². The Hall–Kier alpha value is -1.86. The molecule has 1 aromatic rings. The average Bonchev–Trinajstić information content (AvgIpc) is 2.62. The summed E-state index contributed by atoms with van der Waals surface area (Å²) >= 11 is 0. The second kappa shape index (κ2) is 8.30. The van der Waals surface area contributed by atoms with Gasteiger partial charge in [-0.05, 0) is 25.5 Å². The highest BCUT2D eigenvalue weighted by Gasteiger charge is 2.29. The van der Waals surface area contributed by atoms with Crippen LogP contribution in [0, 0.1) is 10.1 Å². The molecule has 2 aliphatic rings. The molecule has 0 aromatic heterocycles. The lowest BCUT2D eigenvalue weighted by Crippen LogP contribution is -2.55. The number of halogens is 1. The minimum atomic E-state index is -0.348. The van der Waals surface area contributed by atoms with E-state index in [0.717, 1.165) is 25.8 Å². The number of hydrogen-bond donors (Lipinski definition) is 1. The maximum absolute atomic E-state index is 12.5. The van der Waals surface area contributed by atoms with Gasteiger partial charge in [-0.2, -0.15) is 0 Å². The van der Waals surface area contributed by atoms with E-state index in [2.05, 4.69) is 5.32 Å². The Morgan fingerprint density at radius 2 is 1.88 bits per heavy atom. The van der Waals surface area contributed by atoms with Crippen molar-refractivity contribution in [3.05, 3.63) is 34.4 Å². The summed E-state index contributed by atoms with van der Waals surface area (Å²) in [5.74, 6) is 0.173. The molecule has 0 spiro atoms. The second-order valence-corrected chi connectivity index (χ2v) is 6.06. The molecule has 1 amide bonds. The van der Waals surface area contributed by atoms with E-state index >= 15 is 0 Å². The van der Waals surface area contributed by atoms with E-state index in [-0.39, 0.29) is 35.0 Å². The topological polar surface area (TPSA) is 78.7 Å². The molecule has 24 heavy (non-hydrogen) atoms. The number of rotatable bonds is 3. The second-order valence-electron chi connectivity index (χ2n) is 6.06. The first-order chi connectivity index (χ1) is 11.2. The van der Waals surface area contributed by atoms with Gasteiger partial charge < -0.3 is 15.1 Å². The van der Waals surface area contributed by atoms with Crippen LogP contribution in [0.4, 0.5) is 11.4 Å². The zero-order chi connectivity index (χ0) is 16.2. The molecule has 1 aromatic carbocycles. The van der Waals surface area contributed by atoms with Crippen molar-refractivity contribution in [2.75, 3.05) is 37.6 Å². The minimum absolute atomic E-state index is 0. The van der Waals surface area contributed by atoms with Crippen molar-refractivity contribution in [2.45, 2.75) is 25.3 Å². The maximum atomic E-state index is 12.5. The molecule has 2 heterocycles. The third-order valence-electron chi connectivity index (χ3n) is 4.62. The molecule has 132 valence electrons. The molecule has 7 nitrogen and oxygen atoms in total. The van der Waals surface area contributed by atoms with Crippen LogP contribution >= 0.6 is 12.4 Å². The first-order valence-corrected chi connectivity index (χ1v) is 8.17. The Bertz CT molecular complexity index is 584. The summed E-state index contributed by atoms with van der Waals surface area (Å²) in [6.45, 7) is 3.39. The lowest BCUT2D eigenvalue weighted by Gasteiger charge is -2.38. The van der Waals surface area contributed by atoms with Gasteiger partial charge in [-0.25, -0.2) is 0 Å². The van der Waals surface area contributed by atoms with Crippen LogP contribution in [0.3, 0.4) is 0 Å². The smallest absolute Gasteiger partial charge is 0.292 e. The summed E-state index contributed by atoms with van der Waals surface area (Å²) in [6, 6.07) is 6.74. The van der Waals surface area contributed by atoms with Crippen molar-refractivity contribution >= 4 is 29.7 Å². The summed E-state index contributed by atoms with van der Waals surface area (Å²) in [7, 11) is 0. The van der Waals surface area contributed by atoms with Crippen molar-refractivity contribution in [1.29, 1.82) is 0 Å². The Labute approximate surface area is 147 Å². The van der Waals surface area contributed by atoms with Gasteiger partial charge in [0.2, 0.25) is 5.91 Å². The third kappa shape index (κ3) is 3.96. The SMILES string of the molecule is Cl.O=C([C@H]1CCCCN1)N1CCN(c2ccccc2[N+](=O)[O-])CC1. The number of para-hydroxylation sites is 2. The van der Waals surface area contributed by atoms with Gasteiger partial charge in [-0.15, -0.1) is 12.4 Å². The number of carbonyl (C=O) groups is 1. The number of anilines is 1. The quantitative estimate of drug-likeness (QED) is 0.661. The van der Waals surface area contributed by atoms with Crippen molar-refractivity contribution in [3.63, 3.8) is 0 Å². The standard InChI is InChI=1S/C16H22N4O3.ClH/c21-16(13-5-3-4-8-17-13)19-11-9-18(10-12-19)14-6-1-2-7-15(14)20(22)23;/h1-2,6-7,13,17H,3-5,8-12H2;1H/t13-;/m1./s1. The number of amides is 1. The predicted octanol–water partition coefficient (Wildman–Crippen LogP) is 1.81. The number of nitro groups is 1. The van der Waals surface area contributed by atoms with E-state index in [0.29, 0.717) is 31.9 Å². The predicted molar refractivity (Wildman–Crippen MR) is 94.8 cm³/mol. The minimum Gasteiger partial charge on any atom is -0.362 e. The van der Waals surface area contributed by atoms with Crippen LogP contribution in [0.25, 0.3) is 0 Å². The van der Waals surface area contributed by atoms with E-state index in [4.69, 9.17) is 0 Å². The van der Waals surface area contributed by atoms with Gasteiger partial charge in [-0.3, -0.25) is 14.9 Å². The molecular formula is C16H23ClN4O3. The number of nitrogens with one attached hydrogen (secondary N) is 1. The largest absolute Gasteiger partial charge is 0.362 e. The fourth-order valence-corrected chi connectivity index (χ4v) is 3.34. The molecule has 0 saturated carbocycles. The fraction of sp³-hybridized carbons (Fsp3) is 0.562. The van der Waals surface area contributed by atoms with Gasteiger partial charge in [0.05, 0.1) is 11.0 Å². The van der Waals surface area contributed by atoms with E-state index in [1.807, 2.05) is 15.9 Å². The summed E-state index contributed by atoms with van der Waals surface area (Å²) in [6.07, 6.45) is 3.14. The van der Waals surface area contributed by atoms with E-state index in [1.165, 1.54) is 6.07 Å². The molecule has 2 aliphatic heterocycles. The summed E-state index contributed by atoms with van der Waals surface area (Å²) < 4.78 is 0. The van der Waals surface area contributed by atoms with Gasteiger partial charge in [0.25, 0.3) is 5.69 Å². The summed E-state index contributed by atoms with van der Waals surface area (Å²) in [5, 5.41) is 14.4. The van der Waals surface area contributed by atoms with Crippen LogP contribution in [0.15, 0.2) is 24.3 Å². The van der Waals surface area contributed by atoms with Gasteiger partial charge >= 0.3 is 0 Å². The third-order valence-corrected chi connectivity index (χ3v) is 4.62. The average molecular weight is 355 g/mol. The molecule has 3 rings (SSSR count). The zero-order valence-corrected chi connectivity index (χ0v) is 14.3. The van der Waals surface area contributed by atoms with Gasteiger partial charge in [0.15, 0.2) is 0 Å². The van der Waals surface area contributed by atoms with Crippen molar-refractivity contribution in [2.24, 2.45) is 0 Å². The monoisotopic (exact) mass is 354 g/mol. The molecule has 0 bridgehead atoms. The first-order valence-electron chi connectivity index (χ1n) is 8.17. The first kappa shape index (κ1) is 18.5. The van der Waals surface area contributed by atoms with Crippen LogP contribution in [0.2, 0.25) is 0 Å². The van der Waals surface area contributed by atoms with Gasteiger partial charge in [0, 0.05) is 32.2 Å². The van der Waals surface area contributed by atoms with E-state index < -0.39 is 0 Å². The number of piperazine rings is 1. The number of nitrogens with zero attached hydrogens (tertiary/aromatic N) is 3. The van der Waals surface area contributed by atoms with Crippen LogP contribution < -0.4 is 10.2 Å². The lowest BCUT2D eigenvalue weighted by atomic mass is 10.0. The van der Waals surface area contributed by atoms with Crippen LogP contribution in [0.1, 0.15) is 19.3 Å². The van der Waals surface area contributed by atoms with Crippen LogP contribution in [-0.4, -0.2) is 54.5 Å². The molecular weight excluding hydrogens is 332 g/mol. The number of nitro benzene ring substituents is 1. The highest BCUT2D eigenvalue weighted by molar-refractivity contribution is 5.85. The number of benzene rings is 1. The molecule has 1 N–H and O–H groups in total. The van der Waals surface area contributed by atoms with E-state index in [9.17, 15) is 14.9 Å². The maximum Gasteiger partial charge on any atom is 0.292 e. The number of piperidine rings is 1. The Morgan fingerprint density at radius 1 is 1.17 bits per heavy atom. The van der Waals surface area contributed by atoms with Crippen molar-refractivity contribution in [1.82, 2.24) is 10.2 Å². The van der Waals surface area contributed by atoms with E-state index in [1.54, 1.807) is 12.1 Å². The summed E-state index contributed by atoms with van der Waals surface area (Å²) in [4.78, 5) is 27.2. The molecule has 0 radical (unpaired) electrons. The Morgan fingerprint density at radius 3 is 2.50 bits per heavy atom. The molecule has 0 unspecified atom stereocenters. The molecule has 0 aliphatic carbocycles. The van der Waals surface area contributed by atoms with Crippen LogP contribution in [-0.2, 0) is 4.79 Å². The Kier molecular flexibility index (Phi) is 6.39. The highest BCUT2D eigenvalue weighted by Crippen LogP contribution is 2.28. The van der Waals surface area contributed by atoms with Gasteiger partial charge in [0.1, 0.15) is 5.69 Å². The fourth-order valence-electron chi connectivity index (χ4n) is 3.34. The lowest BCUT2D eigenvalue weighted by molar-refractivity contribution is -0.384. The van der Waals surface area contributed by atoms with Crippen LogP contribution in [0.5, 0.6) is 0 Å². The highest BCUT2D eigenvalue weighted by atomic mass is 35.5. The number of hydrogen-bond acceptors (Lipinski definition) is 5. The molecule has 8 heteroatoms. The normalized spacial score (nSPS) is 21.1. The summed E-state index contributed by atoms with van der Waals surface area (Å²) in [5.41, 5.74) is 0.765. The van der Waals surface area contributed by atoms with Crippen molar-refractivity contribution < 1.29 is 9.72 Å². The number of carbonyl (C=O) groups excluding carboxylic acids is 1. The zero-order valence-electron chi connectivity index (χ0n) is 13.5. The molecule has 1 atom stereocenters. The Balaban J connectivity index is 0.00000208. The van der Waals surface area contributed by atoms with Crippen molar-refractivity contribution in [3.8, 4) is 0 Å². The molecule has 2 fully saturated rings.